The van der Waals surface area contributed by atoms with E-state index in [-0.39, 0.29) is 0 Å². The topological polar surface area (TPSA) is 22.1 Å². The van der Waals surface area contributed by atoms with Crippen LogP contribution < -0.4 is 4.74 Å². The molecule has 3 heteroatoms. The first-order valence-electron chi connectivity index (χ1n) is 9.72. The lowest BCUT2D eigenvalue weighted by Gasteiger charge is -2.37. The molecule has 0 aliphatic rings. The highest BCUT2D eigenvalue weighted by molar-refractivity contribution is 9.10. The summed E-state index contributed by atoms with van der Waals surface area (Å²) in [5.41, 5.74) is 3.97. The molecule has 0 bridgehead atoms. The van der Waals surface area contributed by atoms with Gasteiger partial charge in [-0.25, -0.2) is 4.98 Å². The molecule has 2 nitrogen and oxygen atoms in total. The third-order valence-corrected chi connectivity index (χ3v) is 5.63. The van der Waals surface area contributed by atoms with Crippen molar-refractivity contribution in [1.82, 2.24) is 4.98 Å². The van der Waals surface area contributed by atoms with E-state index in [1.165, 1.54) is 11.1 Å². The van der Waals surface area contributed by atoms with Gasteiger partial charge in [0.05, 0.1) is 12.0 Å². The van der Waals surface area contributed by atoms with E-state index in [9.17, 15) is 0 Å². The zero-order valence-electron chi connectivity index (χ0n) is 16.3. The Morgan fingerprint density at radius 3 is 1.86 bits per heavy atom. The van der Waals surface area contributed by atoms with Gasteiger partial charge in [-0.3, -0.25) is 0 Å². The van der Waals surface area contributed by atoms with Gasteiger partial charge >= 0.3 is 0 Å². The van der Waals surface area contributed by atoms with Crippen LogP contribution in [-0.4, -0.2) is 11.6 Å². The Balaban J connectivity index is 2.14. The molecule has 0 aliphatic heterocycles. The van der Waals surface area contributed by atoms with Crippen LogP contribution in [0.15, 0.2) is 108 Å². The van der Waals surface area contributed by atoms with Crippen LogP contribution in [0.25, 0.3) is 0 Å². The summed E-state index contributed by atoms with van der Waals surface area (Å²) < 4.78 is 6.92. The first kappa shape index (κ1) is 19.4. The molecule has 0 fully saturated rings. The van der Waals surface area contributed by atoms with Crippen molar-refractivity contribution in [2.45, 2.75) is 12.3 Å². The van der Waals surface area contributed by atoms with Crippen molar-refractivity contribution in [3.63, 3.8) is 0 Å². The molecule has 0 N–H and O–H groups in total. The SMILES string of the molecule is CCOc1ccccc1C(c1ccccc1)(c1ccccc1)c1ccc(Br)nc1. The third-order valence-electron chi connectivity index (χ3n) is 5.16. The number of ether oxygens (including phenoxy) is 1. The maximum atomic E-state index is 6.10. The Morgan fingerprint density at radius 1 is 0.724 bits per heavy atom. The highest BCUT2D eigenvalue weighted by atomic mass is 79.9. The number of pyridine rings is 1. The van der Waals surface area contributed by atoms with Crippen molar-refractivity contribution in [3.05, 3.63) is 130 Å². The fraction of sp³-hybridized carbons (Fsp3) is 0.115. The van der Waals surface area contributed by atoms with Gasteiger partial charge in [-0.15, -0.1) is 0 Å². The zero-order valence-corrected chi connectivity index (χ0v) is 17.8. The molecule has 3 aromatic carbocycles. The van der Waals surface area contributed by atoms with Gasteiger partial charge in [0, 0.05) is 11.8 Å². The Kier molecular flexibility index (Phi) is 5.77. The van der Waals surface area contributed by atoms with E-state index in [2.05, 4.69) is 87.6 Å². The molecular weight excluding hydrogens is 422 g/mol. The summed E-state index contributed by atoms with van der Waals surface area (Å²) in [6.07, 6.45) is 1.95. The summed E-state index contributed by atoms with van der Waals surface area (Å²) in [7, 11) is 0. The number of aromatic nitrogens is 1. The van der Waals surface area contributed by atoms with E-state index >= 15 is 0 Å². The molecular formula is C26H22BrNO. The van der Waals surface area contributed by atoms with Crippen LogP contribution in [0, 0.1) is 0 Å². The maximum absolute atomic E-state index is 6.10. The van der Waals surface area contributed by atoms with Crippen LogP contribution in [-0.2, 0) is 5.41 Å². The second-order valence-corrected chi connectivity index (χ2v) is 7.59. The van der Waals surface area contributed by atoms with Crippen molar-refractivity contribution >= 4 is 15.9 Å². The van der Waals surface area contributed by atoms with Crippen LogP contribution in [0.2, 0.25) is 0 Å². The van der Waals surface area contributed by atoms with Crippen LogP contribution in [0.4, 0.5) is 0 Å². The van der Waals surface area contributed by atoms with E-state index in [1.54, 1.807) is 0 Å². The predicted molar refractivity (Wildman–Crippen MR) is 121 cm³/mol. The van der Waals surface area contributed by atoms with Crippen LogP contribution in [0.3, 0.4) is 0 Å². The first-order valence-corrected chi connectivity index (χ1v) is 10.5. The van der Waals surface area contributed by atoms with Gasteiger partial charge in [0.1, 0.15) is 10.4 Å². The minimum absolute atomic E-state index is 0.554. The Hall–Kier alpha value is -2.91. The fourth-order valence-electron chi connectivity index (χ4n) is 4.00. The molecule has 0 saturated heterocycles. The van der Waals surface area contributed by atoms with Gasteiger partial charge in [0.2, 0.25) is 0 Å². The smallest absolute Gasteiger partial charge is 0.124 e. The lowest BCUT2D eigenvalue weighted by molar-refractivity contribution is 0.333. The molecule has 0 amide bonds. The summed E-state index contributed by atoms with van der Waals surface area (Å²) in [6.45, 7) is 2.62. The number of halogens is 1. The van der Waals surface area contributed by atoms with Gasteiger partial charge < -0.3 is 4.74 Å². The number of hydrogen-bond donors (Lipinski definition) is 0. The van der Waals surface area contributed by atoms with Crippen molar-refractivity contribution in [2.24, 2.45) is 0 Å². The number of nitrogens with zero attached hydrogens (tertiary/aromatic N) is 1. The maximum Gasteiger partial charge on any atom is 0.124 e. The second-order valence-electron chi connectivity index (χ2n) is 6.78. The minimum Gasteiger partial charge on any atom is -0.494 e. The van der Waals surface area contributed by atoms with E-state index in [4.69, 9.17) is 4.74 Å². The zero-order chi connectivity index (χ0) is 20.1. The third kappa shape index (κ3) is 3.58. The molecule has 4 aromatic rings. The Morgan fingerprint density at radius 2 is 1.31 bits per heavy atom. The average Bonchev–Trinajstić information content (AvgIpc) is 2.78. The summed E-state index contributed by atoms with van der Waals surface area (Å²) >= 11 is 3.48. The molecule has 29 heavy (non-hydrogen) atoms. The number of hydrogen-bond acceptors (Lipinski definition) is 2. The van der Waals surface area contributed by atoms with Crippen molar-refractivity contribution < 1.29 is 4.74 Å². The van der Waals surface area contributed by atoms with Crippen LogP contribution >= 0.6 is 15.9 Å². The molecule has 0 aliphatic carbocycles. The molecule has 1 aromatic heterocycles. The molecule has 0 unspecified atom stereocenters. The lowest BCUT2D eigenvalue weighted by Crippen LogP contribution is -2.31. The minimum atomic E-state index is -0.554. The quantitative estimate of drug-likeness (QED) is 0.246. The molecule has 144 valence electrons. The van der Waals surface area contributed by atoms with Crippen LogP contribution in [0.1, 0.15) is 29.2 Å². The summed E-state index contributed by atoms with van der Waals surface area (Å²) in [4.78, 5) is 4.57. The Bertz CT molecular complexity index is 1020. The number of rotatable bonds is 6. The van der Waals surface area contributed by atoms with E-state index < -0.39 is 5.41 Å². The van der Waals surface area contributed by atoms with Gasteiger partial charge in [0.15, 0.2) is 0 Å². The van der Waals surface area contributed by atoms with E-state index in [0.717, 1.165) is 21.5 Å². The molecule has 0 radical (unpaired) electrons. The molecule has 0 atom stereocenters. The summed E-state index contributed by atoms with van der Waals surface area (Å²) in [5.74, 6) is 0.880. The molecule has 1 heterocycles. The largest absolute Gasteiger partial charge is 0.494 e. The van der Waals surface area contributed by atoms with Gasteiger partial charge in [0.25, 0.3) is 0 Å². The van der Waals surface area contributed by atoms with Gasteiger partial charge in [-0.05, 0) is 51.7 Å². The van der Waals surface area contributed by atoms with Crippen LogP contribution in [0.5, 0.6) is 5.75 Å². The second kappa shape index (κ2) is 8.62. The monoisotopic (exact) mass is 443 g/mol. The summed E-state index contributed by atoms with van der Waals surface area (Å²) in [6, 6.07) is 33.6. The van der Waals surface area contributed by atoms with E-state index in [1.807, 2.05) is 43.5 Å². The van der Waals surface area contributed by atoms with Gasteiger partial charge in [-0.2, -0.15) is 0 Å². The highest BCUT2D eigenvalue weighted by Gasteiger charge is 2.40. The van der Waals surface area contributed by atoms with Gasteiger partial charge in [-0.1, -0.05) is 84.9 Å². The summed E-state index contributed by atoms with van der Waals surface area (Å²) in [5, 5.41) is 0. The number of para-hydroxylation sites is 1. The van der Waals surface area contributed by atoms with Crippen molar-refractivity contribution in [2.75, 3.05) is 6.61 Å². The molecule has 4 rings (SSSR count). The van der Waals surface area contributed by atoms with Crippen molar-refractivity contribution in [1.29, 1.82) is 0 Å². The van der Waals surface area contributed by atoms with E-state index in [0.29, 0.717) is 6.61 Å². The molecule has 0 saturated carbocycles. The first-order chi connectivity index (χ1) is 14.3. The number of benzene rings is 3. The van der Waals surface area contributed by atoms with Crippen molar-refractivity contribution in [3.8, 4) is 5.75 Å². The Labute approximate surface area is 180 Å². The highest BCUT2D eigenvalue weighted by Crippen LogP contribution is 2.48. The molecule has 0 spiro atoms. The standard InChI is InChI=1S/C26H22BrNO/c1-2-29-24-16-10-9-15-23(24)26(20-11-5-3-6-12-20,21-13-7-4-8-14-21)22-17-18-25(27)28-19-22/h3-19H,2H2,1H3. The predicted octanol–water partition coefficient (Wildman–Crippen LogP) is 6.63. The fourth-order valence-corrected chi connectivity index (χ4v) is 4.23. The lowest BCUT2D eigenvalue weighted by atomic mass is 9.65. The normalized spacial score (nSPS) is 11.2. The average molecular weight is 444 g/mol.